The first-order valence-electron chi connectivity index (χ1n) is 4.09. The SMILES string of the molecule is C=Cc1ccc(CCOC#N)cc1. The quantitative estimate of drug-likeness (QED) is 0.517. The smallest absolute Gasteiger partial charge is 0.286 e. The fraction of sp³-hybridized carbons (Fsp3) is 0.182. The summed E-state index contributed by atoms with van der Waals surface area (Å²) in [6.45, 7) is 4.12. The molecule has 0 radical (unpaired) electrons. The maximum atomic E-state index is 8.14. The third-order valence-electron chi connectivity index (χ3n) is 1.77. The Morgan fingerprint density at radius 2 is 2.08 bits per heavy atom. The van der Waals surface area contributed by atoms with Crippen LogP contribution in [-0.2, 0) is 11.2 Å². The number of hydrogen-bond acceptors (Lipinski definition) is 2. The van der Waals surface area contributed by atoms with E-state index in [1.54, 1.807) is 12.3 Å². The average molecular weight is 173 g/mol. The number of hydrogen-bond donors (Lipinski definition) is 0. The van der Waals surface area contributed by atoms with Gasteiger partial charge in [0.2, 0.25) is 0 Å². The normalized spacial score (nSPS) is 8.85. The standard InChI is InChI=1S/C11H11NO/c1-2-10-3-5-11(6-4-10)7-8-13-9-12/h2-6H,1,7-8H2. The van der Waals surface area contributed by atoms with E-state index in [0.29, 0.717) is 6.61 Å². The van der Waals surface area contributed by atoms with Crippen LogP contribution in [0.25, 0.3) is 6.08 Å². The Morgan fingerprint density at radius 1 is 1.38 bits per heavy atom. The first-order chi connectivity index (χ1) is 6.36. The molecule has 0 aliphatic heterocycles. The first kappa shape index (κ1) is 9.34. The van der Waals surface area contributed by atoms with Gasteiger partial charge in [-0.15, -0.1) is 0 Å². The van der Waals surface area contributed by atoms with E-state index in [0.717, 1.165) is 12.0 Å². The summed E-state index contributed by atoms with van der Waals surface area (Å²) in [4.78, 5) is 0. The molecule has 1 rings (SSSR count). The van der Waals surface area contributed by atoms with Crippen LogP contribution in [0.5, 0.6) is 0 Å². The van der Waals surface area contributed by atoms with E-state index in [4.69, 9.17) is 5.26 Å². The average Bonchev–Trinajstić information content (AvgIpc) is 2.19. The fourth-order valence-corrected chi connectivity index (χ4v) is 1.03. The molecule has 13 heavy (non-hydrogen) atoms. The molecule has 0 heterocycles. The number of nitriles is 1. The zero-order valence-electron chi connectivity index (χ0n) is 7.36. The Labute approximate surface area is 78.1 Å². The predicted octanol–water partition coefficient (Wildman–Crippen LogP) is 2.37. The lowest BCUT2D eigenvalue weighted by Gasteiger charge is -1.99. The molecule has 0 bridgehead atoms. The van der Waals surface area contributed by atoms with Crippen LogP contribution in [0.2, 0.25) is 0 Å². The molecule has 66 valence electrons. The summed E-state index contributed by atoms with van der Waals surface area (Å²) >= 11 is 0. The second-order valence-electron chi connectivity index (χ2n) is 2.64. The Kier molecular flexibility index (Phi) is 3.59. The lowest BCUT2D eigenvalue weighted by Crippen LogP contribution is -1.93. The van der Waals surface area contributed by atoms with Crippen molar-refractivity contribution in [1.82, 2.24) is 0 Å². The van der Waals surface area contributed by atoms with Gasteiger partial charge in [0.1, 0.15) is 6.61 Å². The number of ether oxygens (including phenoxy) is 1. The van der Waals surface area contributed by atoms with Gasteiger partial charge < -0.3 is 4.74 Å². The van der Waals surface area contributed by atoms with Gasteiger partial charge in [-0.05, 0) is 11.1 Å². The summed E-state index contributed by atoms with van der Waals surface area (Å²) in [6.07, 6.45) is 4.21. The maximum absolute atomic E-state index is 8.14. The van der Waals surface area contributed by atoms with Crippen molar-refractivity contribution in [1.29, 1.82) is 5.26 Å². The predicted molar refractivity (Wildman–Crippen MR) is 51.8 cm³/mol. The minimum Gasteiger partial charge on any atom is -0.427 e. The molecule has 2 heteroatoms. The highest BCUT2D eigenvalue weighted by Gasteiger charge is 1.92. The third kappa shape index (κ3) is 3.00. The van der Waals surface area contributed by atoms with Crippen molar-refractivity contribution in [2.24, 2.45) is 0 Å². The van der Waals surface area contributed by atoms with Gasteiger partial charge in [0.25, 0.3) is 6.26 Å². The van der Waals surface area contributed by atoms with E-state index in [-0.39, 0.29) is 0 Å². The molecular formula is C11H11NO. The molecule has 0 N–H and O–H groups in total. The Bertz CT molecular complexity index is 308. The molecule has 2 nitrogen and oxygen atoms in total. The lowest BCUT2D eigenvalue weighted by atomic mass is 10.1. The van der Waals surface area contributed by atoms with Crippen LogP contribution >= 0.6 is 0 Å². The summed E-state index contributed by atoms with van der Waals surface area (Å²) < 4.78 is 4.58. The van der Waals surface area contributed by atoms with Crippen LogP contribution in [0.3, 0.4) is 0 Å². The zero-order valence-corrected chi connectivity index (χ0v) is 7.36. The molecule has 1 aromatic rings. The van der Waals surface area contributed by atoms with Crippen molar-refractivity contribution in [2.45, 2.75) is 6.42 Å². The first-order valence-corrected chi connectivity index (χ1v) is 4.09. The van der Waals surface area contributed by atoms with Gasteiger partial charge in [0.05, 0.1) is 0 Å². The monoisotopic (exact) mass is 173 g/mol. The number of benzene rings is 1. The zero-order chi connectivity index (χ0) is 9.52. The van der Waals surface area contributed by atoms with Crippen molar-refractivity contribution >= 4 is 6.08 Å². The molecule has 0 saturated heterocycles. The van der Waals surface area contributed by atoms with E-state index in [1.165, 1.54) is 5.56 Å². The minimum atomic E-state index is 0.448. The lowest BCUT2D eigenvalue weighted by molar-refractivity contribution is 0.274. The van der Waals surface area contributed by atoms with Gasteiger partial charge in [0, 0.05) is 6.42 Å². The Hall–Kier alpha value is -1.75. The highest BCUT2D eigenvalue weighted by molar-refractivity contribution is 5.47. The fourth-order valence-electron chi connectivity index (χ4n) is 1.03. The molecule has 1 aromatic carbocycles. The summed E-state index contributed by atoms with van der Waals surface area (Å²) in [6, 6.07) is 8.01. The van der Waals surface area contributed by atoms with Crippen LogP contribution < -0.4 is 0 Å². The van der Waals surface area contributed by atoms with Crippen molar-refractivity contribution in [2.75, 3.05) is 6.61 Å². The Morgan fingerprint density at radius 3 is 2.62 bits per heavy atom. The molecule has 0 aliphatic rings. The van der Waals surface area contributed by atoms with Gasteiger partial charge in [-0.25, -0.2) is 0 Å². The second kappa shape index (κ2) is 5.00. The molecule has 0 saturated carbocycles. The summed E-state index contributed by atoms with van der Waals surface area (Å²) in [7, 11) is 0. The molecule has 0 spiro atoms. The van der Waals surface area contributed by atoms with Crippen LogP contribution in [0.4, 0.5) is 0 Å². The van der Waals surface area contributed by atoms with E-state index in [1.807, 2.05) is 24.3 Å². The summed E-state index contributed by atoms with van der Waals surface area (Å²) in [5, 5.41) is 8.14. The third-order valence-corrected chi connectivity index (χ3v) is 1.77. The molecular weight excluding hydrogens is 162 g/mol. The number of rotatable bonds is 4. The molecule has 0 unspecified atom stereocenters. The summed E-state index contributed by atoms with van der Waals surface area (Å²) in [5.74, 6) is 0. The summed E-state index contributed by atoms with van der Waals surface area (Å²) in [5.41, 5.74) is 2.27. The minimum absolute atomic E-state index is 0.448. The van der Waals surface area contributed by atoms with Crippen molar-refractivity contribution < 1.29 is 4.74 Å². The number of nitrogens with zero attached hydrogens (tertiary/aromatic N) is 1. The second-order valence-corrected chi connectivity index (χ2v) is 2.64. The van der Waals surface area contributed by atoms with E-state index >= 15 is 0 Å². The van der Waals surface area contributed by atoms with Gasteiger partial charge in [0.15, 0.2) is 0 Å². The van der Waals surface area contributed by atoms with E-state index in [2.05, 4.69) is 11.3 Å². The van der Waals surface area contributed by atoms with Crippen molar-refractivity contribution in [3.63, 3.8) is 0 Å². The topological polar surface area (TPSA) is 33.0 Å². The van der Waals surface area contributed by atoms with Crippen LogP contribution in [-0.4, -0.2) is 6.61 Å². The molecule has 0 amide bonds. The van der Waals surface area contributed by atoms with Crippen LogP contribution in [0.1, 0.15) is 11.1 Å². The van der Waals surface area contributed by atoms with Crippen LogP contribution in [0.15, 0.2) is 30.8 Å². The molecule has 0 aromatic heterocycles. The Balaban J connectivity index is 2.50. The highest BCUT2D eigenvalue weighted by Crippen LogP contribution is 2.05. The van der Waals surface area contributed by atoms with Gasteiger partial charge in [-0.2, -0.15) is 5.26 Å². The van der Waals surface area contributed by atoms with Crippen molar-refractivity contribution in [3.05, 3.63) is 42.0 Å². The van der Waals surface area contributed by atoms with Crippen molar-refractivity contribution in [3.8, 4) is 6.26 Å². The molecule has 0 aliphatic carbocycles. The van der Waals surface area contributed by atoms with E-state index < -0.39 is 0 Å². The van der Waals surface area contributed by atoms with E-state index in [9.17, 15) is 0 Å². The highest BCUT2D eigenvalue weighted by atomic mass is 16.5. The molecule has 0 fully saturated rings. The van der Waals surface area contributed by atoms with Gasteiger partial charge in [-0.1, -0.05) is 36.9 Å². The van der Waals surface area contributed by atoms with Gasteiger partial charge in [-0.3, -0.25) is 0 Å². The van der Waals surface area contributed by atoms with Gasteiger partial charge >= 0.3 is 0 Å². The largest absolute Gasteiger partial charge is 0.427 e. The maximum Gasteiger partial charge on any atom is 0.286 e. The van der Waals surface area contributed by atoms with Crippen LogP contribution in [0, 0.1) is 11.5 Å². The molecule has 0 atom stereocenters.